The number of pyridine rings is 1. The number of aromatic amines is 1. The Morgan fingerprint density at radius 3 is 2.69 bits per heavy atom. The van der Waals surface area contributed by atoms with Crippen molar-refractivity contribution in [3.8, 4) is 11.4 Å². The fourth-order valence-corrected chi connectivity index (χ4v) is 3.69. The van der Waals surface area contributed by atoms with Crippen molar-refractivity contribution >= 4 is 23.2 Å². The van der Waals surface area contributed by atoms with Crippen molar-refractivity contribution in [3.63, 3.8) is 0 Å². The quantitative estimate of drug-likeness (QED) is 0.745. The molecule has 3 aromatic rings. The highest BCUT2D eigenvalue weighted by molar-refractivity contribution is 6.35. The summed E-state index contributed by atoms with van der Waals surface area (Å²) in [5, 5.41) is 1.30. The van der Waals surface area contributed by atoms with Crippen molar-refractivity contribution in [1.29, 1.82) is 0 Å². The van der Waals surface area contributed by atoms with E-state index in [1.54, 1.807) is 12.4 Å². The number of halogens is 2. The Balaban J connectivity index is 1.64. The Bertz CT molecular complexity index is 984. The summed E-state index contributed by atoms with van der Waals surface area (Å²) in [4.78, 5) is 26.3. The van der Waals surface area contributed by atoms with Gasteiger partial charge >= 0.3 is 0 Å². The molecule has 0 spiro atoms. The molecule has 7 heteroatoms. The van der Waals surface area contributed by atoms with Crippen LogP contribution in [0.15, 0.2) is 47.5 Å². The van der Waals surface area contributed by atoms with Crippen molar-refractivity contribution in [2.24, 2.45) is 0 Å². The lowest BCUT2D eigenvalue weighted by Gasteiger charge is -2.28. The molecule has 0 amide bonds. The third kappa shape index (κ3) is 3.38. The number of hydrogen-bond acceptors (Lipinski definition) is 4. The summed E-state index contributed by atoms with van der Waals surface area (Å²) < 4.78 is 0. The number of benzene rings is 1. The van der Waals surface area contributed by atoms with E-state index in [-0.39, 0.29) is 5.56 Å². The van der Waals surface area contributed by atoms with E-state index in [4.69, 9.17) is 23.2 Å². The molecule has 1 aliphatic heterocycles. The van der Waals surface area contributed by atoms with E-state index in [1.165, 1.54) is 0 Å². The number of rotatable bonds is 3. The summed E-state index contributed by atoms with van der Waals surface area (Å²) in [6, 6.07) is 9.21. The van der Waals surface area contributed by atoms with E-state index in [0.29, 0.717) is 35.4 Å². The van der Waals surface area contributed by atoms with Crippen LogP contribution in [0, 0.1) is 0 Å². The maximum Gasteiger partial charge on any atom is 0.254 e. The van der Waals surface area contributed by atoms with Crippen molar-refractivity contribution in [1.82, 2.24) is 19.9 Å². The van der Waals surface area contributed by atoms with E-state index in [1.807, 2.05) is 30.3 Å². The van der Waals surface area contributed by atoms with Gasteiger partial charge < -0.3 is 4.98 Å². The molecule has 1 N–H and O–H groups in total. The molecule has 4 rings (SSSR count). The summed E-state index contributed by atoms with van der Waals surface area (Å²) in [6.07, 6.45) is 4.02. The largest absolute Gasteiger partial charge is 0.306 e. The zero-order chi connectivity index (χ0) is 18.1. The lowest BCUT2D eigenvalue weighted by Crippen LogP contribution is -2.35. The van der Waals surface area contributed by atoms with E-state index in [9.17, 15) is 4.79 Å². The van der Waals surface area contributed by atoms with Crippen molar-refractivity contribution < 1.29 is 0 Å². The highest BCUT2D eigenvalue weighted by Crippen LogP contribution is 2.27. The second kappa shape index (κ2) is 7.19. The normalized spacial score (nSPS) is 14.2. The molecule has 0 radical (unpaired) electrons. The van der Waals surface area contributed by atoms with Crippen LogP contribution < -0.4 is 5.56 Å². The fraction of sp³-hybridized carbons (Fsp3) is 0.211. The molecule has 0 bridgehead atoms. The topological polar surface area (TPSA) is 61.9 Å². The molecular formula is C19H16Cl2N4O. The monoisotopic (exact) mass is 386 g/mol. The van der Waals surface area contributed by atoms with Crippen LogP contribution in [-0.4, -0.2) is 26.4 Å². The molecule has 2 aromatic heterocycles. The molecule has 0 saturated heterocycles. The van der Waals surface area contributed by atoms with Gasteiger partial charge in [-0.15, -0.1) is 0 Å². The minimum absolute atomic E-state index is 0.0794. The van der Waals surface area contributed by atoms with Gasteiger partial charge in [-0.3, -0.25) is 14.7 Å². The molecule has 0 saturated carbocycles. The van der Waals surface area contributed by atoms with E-state index in [2.05, 4.69) is 19.9 Å². The molecule has 5 nitrogen and oxygen atoms in total. The Labute approximate surface area is 160 Å². The van der Waals surface area contributed by atoms with E-state index in [0.717, 1.165) is 28.9 Å². The molecule has 0 fully saturated rings. The van der Waals surface area contributed by atoms with Gasteiger partial charge in [-0.25, -0.2) is 4.98 Å². The molecule has 1 aromatic carbocycles. The predicted molar refractivity (Wildman–Crippen MR) is 102 cm³/mol. The first-order valence-electron chi connectivity index (χ1n) is 8.29. The van der Waals surface area contributed by atoms with Gasteiger partial charge in [0.25, 0.3) is 5.56 Å². The van der Waals surface area contributed by atoms with Crippen LogP contribution in [0.1, 0.15) is 16.8 Å². The molecular weight excluding hydrogens is 371 g/mol. The first-order valence-corrected chi connectivity index (χ1v) is 9.05. The van der Waals surface area contributed by atoms with E-state index < -0.39 is 0 Å². The number of nitrogens with zero attached hydrogens (tertiary/aromatic N) is 3. The van der Waals surface area contributed by atoms with Gasteiger partial charge in [0.05, 0.1) is 5.69 Å². The molecule has 26 heavy (non-hydrogen) atoms. The standard InChI is InChI=1S/C19H16Cl2N4O/c20-15-4-1-5-16(21)14(15)10-25-8-6-13-17(11-25)23-18(24-19(13)26)12-3-2-7-22-9-12/h1-5,7,9H,6,8,10-11H2,(H,23,24,26). The first-order chi connectivity index (χ1) is 12.6. The molecule has 0 unspecified atom stereocenters. The van der Waals surface area contributed by atoms with Crippen LogP contribution >= 0.6 is 23.2 Å². The summed E-state index contributed by atoms with van der Waals surface area (Å²) in [6.45, 7) is 1.95. The Kier molecular flexibility index (Phi) is 4.76. The summed E-state index contributed by atoms with van der Waals surface area (Å²) in [7, 11) is 0. The first kappa shape index (κ1) is 17.2. The van der Waals surface area contributed by atoms with Gasteiger partial charge in [0.1, 0.15) is 5.82 Å². The summed E-state index contributed by atoms with van der Waals surface area (Å²) >= 11 is 12.6. The maximum atomic E-state index is 12.5. The van der Waals surface area contributed by atoms with Crippen LogP contribution in [0.25, 0.3) is 11.4 Å². The summed E-state index contributed by atoms with van der Waals surface area (Å²) in [5.74, 6) is 0.541. The smallest absolute Gasteiger partial charge is 0.254 e. The number of H-pyrrole nitrogens is 1. The highest BCUT2D eigenvalue weighted by Gasteiger charge is 2.22. The van der Waals surface area contributed by atoms with Crippen molar-refractivity contribution in [3.05, 3.63) is 79.9 Å². The molecule has 0 atom stereocenters. The SMILES string of the molecule is O=c1[nH]c(-c2cccnc2)nc2c1CCN(Cc1c(Cl)cccc1Cl)C2. The van der Waals surface area contributed by atoms with Crippen LogP contribution in [0.4, 0.5) is 0 Å². The predicted octanol–water partition coefficient (Wildman–Crippen LogP) is 3.70. The molecule has 0 aliphatic carbocycles. The zero-order valence-electron chi connectivity index (χ0n) is 13.9. The van der Waals surface area contributed by atoms with Gasteiger partial charge in [0.2, 0.25) is 0 Å². The van der Waals surface area contributed by atoms with Crippen LogP contribution in [0.3, 0.4) is 0 Å². The third-order valence-electron chi connectivity index (χ3n) is 4.53. The second-order valence-corrected chi connectivity index (χ2v) is 7.06. The molecule has 1 aliphatic rings. The lowest BCUT2D eigenvalue weighted by atomic mass is 10.1. The average Bonchev–Trinajstić information content (AvgIpc) is 2.65. The number of aromatic nitrogens is 3. The van der Waals surface area contributed by atoms with Gasteiger partial charge in [-0.1, -0.05) is 29.3 Å². The summed E-state index contributed by atoms with van der Waals surface area (Å²) in [5.41, 5.74) is 3.15. The Hall–Kier alpha value is -2.21. The second-order valence-electron chi connectivity index (χ2n) is 6.24. The van der Waals surface area contributed by atoms with Crippen molar-refractivity contribution in [2.45, 2.75) is 19.5 Å². The Morgan fingerprint density at radius 1 is 1.15 bits per heavy atom. The van der Waals surface area contributed by atoms with Gasteiger partial charge in [-0.05, 0) is 30.7 Å². The molecule has 3 heterocycles. The van der Waals surface area contributed by atoms with Crippen LogP contribution in [-0.2, 0) is 19.5 Å². The van der Waals surface area contributed by atoms with Crippen molar-refractivity contribution in [2.75, 3.05) is 6.54 Å². The maximum absolute atomic E-state index is 12.5. The molecule has 132 valence electrons. The van der Waals surface area contributed by atoms with Gasteiger partial charge in [0.15, 0.2) is 0 Å². The highest BCUT2D eigenvalue weighted by atomic mass is 35.5. The number of fused-ring (bicyclic) bond motifs is 1. The van der Waals surface area contributed by atoms with E-state index >= 15 is 0 Å². The third-order valence-corrected chi connectivity index (χ3v) is 5.24. The number of hydrogen-bond donors (Lipinski definition) is 1. The van der Waals surface area contributed by atoms with Crippen LogP contribution in [0.2, 0.25) is 10.0 Å². The lowest BCUT2D eigenvalue weighted by molar-refractivity contribution is 0.240. The minimum atomic E-state index is -0.0794. The fourth-order valence-electron chi connectivity index (χ4n) is 3.18. The Morgan fingerprint density at radius 2 is 1.96 bits per heavy atom. The zero-order valence-corrected chi connectivity index (χ0v) is 15.4. The minimum Gasteiger partial charge on any atom is -0.306 e. The average molecular weight is 387 g/mol. The number of nitrogens with one attached hydrogen (secondary N) is 1. The van der Waals surface area contributed by atoms with Crippen LogP contribution in [0.5, 0.6) is 0 Å². The van der Waals surface area contributed by atoms with Gasteiger partial charge in [0, 0.05) is 58.8 Å². The van der Waals surface area contributed by atoms with Gasteiger partial charge in [-0.2, -0.15) is 0 Å².